The number of amides is 1. The van der Waals surface area contributed by atoms with E-state index in [1.165, 1.54) is 23.5 Å². The number of non-ortho nitro benzene ring substituents is 1. The number of anilines is 2. The van der Waals surface area contributed by atoms with E-state index in [0.29, 0.717) is 41.8 Å². The molecule has 1 aliphatic heterocycles. The summed E-state index contributed by atoms with van der Waals surface area (Å²) in [4.78, 5) is 41.2. The molecule has 1 aliphatic rings. The van der Waals surface area contributed by atoms with Crippen LogP contribution in [0.1, 0.15) is 16.6 Å². The lowest BCUT2D eigenvalue weighted by atomic mass is 10.2. The van der Waals surface area contributed by atoms with E-state index in [-0.39, 0.29) is 24.7 Å². The van der Waals surface area contributed by atoms with Gasteiger partial charge in [-0.05, 0) is 42.8 Å². The van der Waals surface area contributed by atoms with E-state index in [0.717, 1.165) is 16.1 Å². The molecule has 9 nitrogen and oxygen atoms in total. The Kier molecular flexibility index (Phi) is 8.19. The Morgan fingerprint density at radius 1 is 1.08 bits per heavy atom. The second kappa shape index (κ2) is 11.5. The fraction of sp³-hybridized carbons (Fsp3) is 0.280. The Morgan fingerprint density at radius 2 is 1.75 bits per heavy atom. The smallest absolute Gasteiger partial charge is 0.350 e. The number of piperazine rings is 1. The zero-order chi connectivity index (χ0) is 25.7. The van der Waals surface area contributed by atoms with Gasteiger partial charge in [-0.3, -0.25) is 19.8 Å². The SMILES string of the molecule is CCOC(=O)c1sc(-c2ccc(Cl)cc2)cc1NC(=O)CN1CCN(c2ccc([N+](=O)[O-])cc2)CC1. The number of rotatable bonds is 8. The number of hydrogen-bond donors (Lipinski definition) is 1. The summed E-state index contributed by atoms with van der Waals surface area (Å²) in [6.07, 6.45) is 0. The van der Waals surface area contributed by atoms with Crippen LogP contribution >= 0.6 is 22.9 Å². The number of nitro benzene ring substituents is 1. The standard InChI is InChI=1S/C25H25ClN4O5S/c1-2-35-25(32)24-21(15-22(36-24)17-3-5-18(26)6-4-17)27-23(31)16-28-11-13-29(14-12-28)19-7-9-20(10-8-19)30(33)34/h3-10,15H,2,11-14,16H2,1H3,(H,27,31). The monoisotopic (exact) mass is 528 g/mol. The molecule has 2 aromatic carbocycles. The first kappa shape index (κ1) is 25.6. The van der Waals surface area contributed by atoms with Crippen molar-refractivity contribution in [1.82, 2.24) is 4.90 Å². The molecule has 1 N–H and O–H groups in total. The highest BCUT2D eigenvalue weighted by Gasteiger charge is 2.23. The van der Waals surface area contributed by atoms with Crippen molar-refractivity contribution in [3.05, 3.63) is 74.6 Å². The Labute approximate surface area is 217 Å². The van der Waals surface area contributed by atoms with Gasteiger partial charge in [0.1, 0.15) is 4.88 Å². The zero-order valence-electron chi connectivity index (χ0n) is 19.6. The molecule has 188 valence electrons. The van der Waals surface area contributed by atoms with Crippen LogP contribution in [0.5, 0.6) is 0 Å². The summed E-state index contributed by atoms with van der Waals surface area (Å²) in [5, 5.41) is 14.4. The third-order valence-electron chi connectivity index (χ3n) is 5.76. The molecule has 0 unspecified atom stereocenters. The van der Waals surface area contributed by atoms with Gasteiger partial charge in [-0.2, -0.15) is 0 Å². The van der Waals surface area contributed by atoms with Gasteiger partial charge in [-0.25, -0.2) is 4.79 Å². The number of carbonyl (C=O) groups is 2. The number of hydrogen-bond acceptors (Lipinski definition) is 8. The summed E-state index contributed by atoms with van der Waals surface area (Å²) in [7, 11) is 0. The topological polar surface area (TPSA) is 105 Å². The van der Waals surface area contributed by atoms with Crippen LogP contribution in [0.25, 0.3) is 10.4 Å². The highest BCUT2D eigenvalue weighted by atomic mass is 35.5. The van der Waals surface area contributed by atoms with Crippen molar-refractivity contribution in [2.75, 3.05) is 49.5 Å². The molecule has 0 aliphatic carbocycles. The summed E-state index contributed by atoms with van der Waals surface area (Å²) in [6.45, 7) is 4.86. The Hall–Kier alpha value is -3.47. The second-order valence-corrected chi connectivity index (χ2v) is 9.65. The highest BCUT2D eigenvalue weighted by Crippen LogP contribution is 2.36. The largest absolute Gasteiger partial charge is 0.462 e. The van der Waals surface area contributed by atoms with Crippen LogP contribution in [0.2, 0.25) is 5.02 Å². The number of ether oxygens (including phenoxy) is 1. The minimum Gasteiger partial charge on any atom is -0.462 e. The zero-order valence-corrected chi connectivity index (χ0v) is 21.2. The van der Waals surface area contributed by atoms with Crippen molar-refractivity contribution >= 4 is 51.9 Å². The minimum absolute atomic E-state index is 0.0592. The van der Waals surface area contributed by atoms with Crippen LogP contribution in [0.4, 0.5) is 17.1 Å². The molecular weight excluding hydrogens is 504 g/mol. The molecule has 1 amide bonds. The summed E-state index contributed by atoms with van der Waals surface area (Å²) >= 11 is 7.25. The van der Waals surface area contributed by atoms with Gasteiger partial charge in [0.05, 0.1) is 23.8 Å². The van der Waals surface area contributed by atoms with Crippen molar-refractivity contribution in [2.45, 2.75) is 6.92 Å². The first-order valence-electron chi connectivity index (χ1n) is 11.4. The molecule has 0 saturated carbocycles. The molecule has 0 spiro atoms. The van der Waals surface area contributed by atoms with Gasteiger partial charge in [0, 0.05) is 53.9 Å². The maximum atomic E-state index is 12.9. The van der Waals surface area contributed by atoms with Crippen molar-refractivity contribution < 1.29 is 19.2 Å². The van der Waals surface area contributed by atoms with Crippen LogP contribution in [0.15, 0.2) is 54.6 Å². The second-order valence-electron chi connectivity index (χ2n) is 8.17. The minimum atomic E-state index is -0.477. The van der Waals surface area contributed by atoms with E-state index in [9.17, 15) is 19.7 Å². The summed E-state index contributed by atoms with van der Waals surface area (Å²) in [6, 6.07) is 15.5. The Balaban J connectivity index is 1.38. The van der Waals surface area contributed by atoms with Crippen molar-refractivity contribution in [2.24, 2.45) is 0 Å². The predicted molar refractivity (Wildman–Crippen MR) is 141 cm³/mol. The van der Waals surface area contributed by atoms with E-state index < -0.39 is 10.9 Å². The lowest BCUT2D eigenvalue weighted by Crippen LogP contribution is -2.48. The van der Waals surface area contributed by atoms with Crippen molar-refractivity contribution in [3.8, 4) is 10.4 Å². The lowest BCUT2D eigenvalue weighted by molar-refractivity contribution is -0.384. The van der Waals surface area contributed by atoms with Crippen LogP contribution < -0.4 is 10.2 Å². The quantitative estimate of drug-likeness (QED) is 0.251. The molecule has 1 saturated heterocycles. The number of esters is 1. The molecule has 0 bridgehead atoms. The van der Waals surface area contributed by atoms with E-state index in [2.05, 4.69) is 10.2 Å². The predicted octanol–water partition coefficient (Wildman–Crippen LogP) is 4.91. The van der Waals surface area contributed by atoms with Gasteiger partial charge in [0.25, 0.3) is 5.69 Å². The van der Waals surface area contributed by atoms with Crippen molar-refractivity contribution in [1.29, 1.82) is 0 Å². The number of nitro groups is 1. The van der Waals surface area contributed by atoms with Gasteiger partial charge >= 0.3 is 5.97 Å². The molecular formula is C25H25ClN4O5S. The number of nitrogens with zero attached hydrogens (tertiary/aromatic N) is 3. The molecule has 2 heterocycles. The molecule has 1 fully saturated rings. The summed E-state index contributed by atoms with van der Waals surface area (Å²) < 4.78 is 5.19. The molecule has 0 atom stereocenters. The number of benzene rings is 2. The fourth-order valence-corrected chi connectivity index (χ4v) is 5.07. The molecule has 0 radical (unpaired) electrons. The summed E-state index contributed by atoms with van der Waals surface area (Å²) in [5.41, 5.74) is 2.29. The maximum Gasteiger partial charge on any atom is 0.350 e. The molecule has 4 rings (SSSR count). The van der Waals surface area contributed by atoms with E-state index in [1.54, 1.807) is 37.3 Å². The van der Waals surface area contributed by atoms with E-state index in [1.807, 2.05) is 17.0 Å². The van der Waals surface area contributed by atoms with Gasteiger partial charge in [0.2, 0.25) is 5.91 Å². The van der Waals surface area contributed by atoms with Gasteiger partial charge in [-0.15, -0.1) is 11.3 Å². The maximum absolute atomic E-state index is 12.9. The molecule has 3 aromatic rings. The summed E-state index contributed by atoms with van der Waals surface area (Å²) in [5.74, 6) is -0.695. The third-order valence-corrected chi connectivity index (χ3v) is 7.18. The van der Waals surface area contributed by atoms with Crippen LogP contribution in [0.3, 0.4) is 0 Å². The van der Waals surface area contributed by atoms with Gasteiger partial charge in [0.15, 0.2) is 0 Å². The van der Waals surface area contributed by atoms with Crippen LogP contribution in [0, 0.1) is 10.1 Å². The van der Waals surface area contributed by atoms with E-state index >= 15 is 0 Å². The first-order chi connectivity index (χ1) is 17.3. The molecule has 1 aromatic heterocycles. The van der Waals surface area contributed by atoms with Crippen LogP contribution in [-0.2, 0) is 9.53 Å². The average Bonchev–Trinajstić information content (AvgIpc) is 3.29. The average molecular weight is 529 g/mol. The normalized spacial score (nSPS) is 13.9. The van der Waals surface area contributed by atoms with E-state index in [4.69, 9.17) is 16.3 Å². The number of thiophene rings is 1. The molecule has 36 heavy (non-hydrogen) atoms. The number of nitrogens with one attached hydrogen (secondary N) is 1. The Bertz CT molecular complexity index is 1240. The lowest BCUT2D eigenvalue weighted by Gasteiger charge is -2.35. The van der Waals surface area contributed by atoms with Crippen LogP contribution in [-0.4, -0.2) is 61.0 Å². The highest BCUT2D eigenvalue weighted by molar-refractivity contribution is 7.18. The first-order valence-corrected chi connectivity index (χ1v) is 12.6. The number of halogens is 1. The fourth-order valence-electron chi connectivity index (χ4n) is 3.93. The Morgan fingerprint density at radius 3 is 2.36 bits per heavy atom. The van der Waals surface area contributed by atoms with Crippen molar-refractivity contribution in [3.63, 3.8) is 0 Å². The third kappa shape index (κ3) is 6.20. The van der Waals surface area contributed by atoms with Gasteiger partial charge in [-0.1, -0.05) is 23.7 Å². The van der Waals surface area contributed by atoms with Gasteiger partial charge < -0.3 is 15.0 Å². The molecule has 11 heteroatoms. The number of carbonyl (C=O) groups excluding carboxylic acids is 2.